The van der Waals surface area contributed by atoms with E-state index in [2.05, 4.69) is 37.5 Å². The van der Waals surface area contributed by atoms with E-state index in [1.54, 1.807) is 6.92 Å². The molecular weight excluding hydrogens is 433 g/mol. The van der Waals surface area contributed by atoms with E-state index in [0.29, 0.717) is 24.9 Å². The van der Waals surface area contributed by atoms with Crippen LogP contribution in [-0.2, 0) is 13.1 Å². The second kappa shape index (κ2) is 10.9. The predicted molar refractivity (Wildman–Crippen MR) is 108 cm³/mol. The SMILES string of the molecule is CCNC(=NCc1noc(C)n1)N(C)Cc1ccc(OCC)cc1.I. The van der Waals surface area contributed by atoms with Gasteiger partial charge < -0.3 is 19.5 Å². The van der Waals surface area contributed by atoms with E-state index in [4.69, 9.17) is 9.26 Å². The number of aliphatic imine (C=N–C) groups is 1. The van der Waals surface area contributed by atoms with E-state index < -0.39 is 0 Å². The summed E-state index contributed by atoms with van der Waals surface area (Å²) in [6, 6.07) is 8.10. The maximum atomic E-state index is 5.47. The number of benzene rings is 1. The molecule has 25 heavy (non-hydrogen) atoms. The van der Waals surface area contributed by atoms with Crippen molar-refractivity contribution in [1.82, 2.24) is 20.4 Å². The molecule has 1 aromatic heterocycles. The molecule has 0 radical (unpaired) electrons. The fourth-order valence-electron chi connectivity index (χ4n) is 2.23. The molecule has 1 heterocycles. The fourth-order valence-corrected chi connectivity index (χ4v) is 2.23. The van der Waals surface area contributed by atoms with Gasteiger partial charge in [-0.2, -0.15) is 4.98 Å². The fraction of sp³-hybridized carbons (Fsp3) is 0.471. The van der Waals surface area contributed by atoms with Crippen molar-refractivity contribution in [1.29, 1.82) is 0 Å². The van der Waals surface area contributed by atoms with Gasteiger partial charge in [-0.25, -0.2) is 4.99 Å². The summed E-state index contributed by atoms with van der Waals surface area (Å²) in [6.45, 7) is 8.37. The van der Waals surface area contributed by atoms with E-state index in [1.165, 1.54) is 5.56 Å². The minimum atomic E-state index is 0. The molecule has 0 aliphatic rings. The number of ether oxygens (including phenoxy) is 1. The summed E-state index contributed by atoms with van der Waals surface area (Å²) in [5, 5.41) is 7.14. The number of rotatable bonds is 7. The van der Waals surface area contributed by atoms with Gasteiger partial charge in [0.25, 0.3) is 0 Å². The molecule has 0 saturated heterocycles. The Morgan fingerprint density at radius 3 is 2.56 bits per heavy atom. The molecule has 0 aliphatic carbocycles. The topological polar surface area (TPSA) is 75.8 Å². The van der Waals surface area contributed by atoms with E-state index >= 15 is 0 Å². The molecule has 0 spiro atoms. The molecule has 2 aromatic rings. The molecule has 138 valence electrons. The van der Waals surface area contributed by atoms with Crippen LogP contribution < -0.4 is 10.1 Å². The first-order valence-corrected chi connectivity index (χ1v) is 8.12. The van der Waals surface area contributed by atoms with Crippen LogP contribution in [0.3, 0.4) is 0 Å². The van der Waals surface area contributed by atoms with Gasteiger partial charge in [0.05, 0.1) is 6.61 Å². The minimum absolute atomic E-state index is 0. The zero-order valence-corrected chi connectivity index (χ0v) is 17.5. The third-order valence-corrected chi connectivity index (χ3v) is 3.29. The number of hydrogen-bond donors (Lipinski definition) is 1. The summed E-state index contributed by atoms with van der Waals surface area (Å²) in [7, 11) is 2.00. The first kappa shape index (κ1) is 21.2. The smallest absolute Gasteiger partial charge is 0.223 e. The number of hydrogen-bond acceptors (Lipinski definition) is 5. The lowest BCUT2D eigenvalue weighted by Crippen LogP contribution is -2.38. The molecule has 8 heteroatoms. The van der Waals surface area contributed by atoms with Crippen LogP contribution in [0, 0.1) is 6.92 Å². The summed E-state index contributed by atoms with van der Waals surface area (Å²) >= 11 is 0. The second-order valence-electron chi connectivity index (χ2n) is 5.33. The average molecular weight is 459 g/mol. The number of nitrogens with zero attached hydrogens (tertiary/aromatic N) is 4. The zero-order chi connectivity index (χ0) is 17.4. The van der Waals surface area contributed by atoms with Gasteiger partial charge in [-0.15, -0.1) is 24.0 Å². The normalized spacial score (nSPS) is 11.0. The highest BCUT2D eigenvalue weighted by Crippen LogP contribution is 2.13. The summed E-state index contributed by atoms with van der Waals surface area (Å²) in [5.74, 6) is 2.82. The quantitative estimate of drug-likeness (QED) is 0.390. The Balaban J connectivity index is 0.00000312. The Morgan fingerprint density at radius 2 is 2.00 bits per heavy atom. The number of halogens is 1. The molecular formula is C17H26IN5O2. The van der Waals surface area contributed by atoms with Crippen LogP contribution in [-0.4, -0.2) is 41.2 Å². The largest absolute Gasteiger partial charge is 0.494 e. The van der Waals surface area contributed by atoms with E-state index in [0.717, 1.165) is 24.8 Å². The van der Waals surface area contributed by atoms with E-state index in [9.17, 15) is 0 Å². The van der Waals surface area contributed by atoms with Gasteiger partial charge in [0.2, 0.25) is 5.89 Å². The molecule has 2 rings (SSSR count). The summed E-state index contributed by atoms with van der Waals surface area (Å²) < 4.78 is 10.4. The lowest BCUT2D eigenvalue weighted by molar-refractivity contribution is 0.340. The molecule has 1 N–H and O–H groups in total. The van der Waals surface area contributed by atoms with Gasteiger partial charge in [-0.05, 0) is 31.5 Å². The minimum Gasteiger partial charge on any atom is -0.494 e. The van der Waals surface area contributed by atoms with Crippen LogP contribution in [0.2, 0.25) is 0 Å². The third-order valence-electron chi connectivity index (χ3n) is 3.29. The lowest BCUT2D eigenvalue weighted by atomic mass is 10.2. The van der Waals surface area contributed by atoms with Crippen molar-refractivity contribution >= 4 is 29.9 Å². The molecule has 7 nitrogen and oxygen atoms in total. The highest BCUT2D eigenvalue weighted by Gasteiger charge is 2.08. The van der Waals surface area contributed by atoms with Crippen LogP contribution in [0.4, 0.5) is 0 Å². The lowest BCUT2D eigenvalue weighted by Gasteiger charge is -2.22. The van der Waals surface area contributed by atoms with Crippen LogP contribution in [0.15, 0.2) is 33.8 Å². The molecule has 0 aliphatic heterocycles. The average Bonchev–Trinajstić information content (AvgIpc) is 2.99. The Hall–Kier alpha value is -1.84. The Bertz CT molecular complexity index is 657. The molecule has 0 bridgehead atoms. The van der Waals surface area contributed by atoms with E-state index in [-0.39, 0.29) is 24.0 Å². The number of nitrogens with one attached hydrogen (secondary N) is 1. The molecule has 0 saturated carbocycles. The van der Waals surface area contributed by atoms with Gasteiger partial charge in [0.1, 0.15) is 12.3 Å². The van der Waals surface area contributed by atoms with Crippen LogP contribution >= 0.6 is 24.0 Å². The summed E-state index contributed by atoms with van der Waals surface area (Å²) in [6.07, 6.45) is 0. The Morgan fingerprint density at radius 1 is 1.28 bits per heavy atom. The first-order valence-electron chi connectivity index (χ1n) is 8.12. The molecule has 0 amide bonds. The maximum Gasteiger partial charge on any atom is 0.223 e. The number of aryl methyl sites for hydroxylation is 1. The molecule has 1 aromatic carbocycles. The van der Waals surface area contributed by atoms with Crippen LogP contribution in [0.25, 0.3) is 0 Å². The van der Waals surface area contributed by atoms with Gasteiger partial charge in [-0.3, -0.25) is 0 Å². The standard InChI is InChI=1S/C17H25N5O2.HI/c1-5-18-17(19-11-16-20-13(3)24-21-16)22(4)12-14-7-9-15(10-8-14)23-6-2;/h7-10H,5-6,11-12H2,1-4H3,(H,18,19);1H. The Labute approximate surface area is 165 Å². The molecule has 0 unspecified atom stereocenters. The van der Waals surface area contributed by atoms with E-state index in [1.807, 2.05) is 33.0 Å². The van der Waals surface area contributed by atoms with Crippen molar-refractivity contribution in [2.45, 2.75) is 33.9 Å². The van der Waals surface area contributed by atoms with Gasteiger partial charge in [0.15, 0.2) is 11.8 Å². The van der Waals surface area contributed by atoms with Gasteiger partial charge in [0, 0.05) is 27.1 Å². The highest BCUT2D eigenvalue weighted by atomic mass is 127. The van der Waals surface area contributed by atoms with Crippen molar-refractivity contribution in [2.75, 3.05) is 20.2 Å². The second-order valence-corrected chi connectivity index (χ2v) is 5.33. The van der Waals surface area contributed by atoms with Crippen LogP contribution in [0.5, 0.6) is 5.75 Å². The maximum absolute atomic E-state index is 5.47. The van der Waals surface area contributed by atoms with Crippen molar-refractivity contribution in [3.8, 4) is 5.75 Å². The van der Waals surface area contributed by atoms with Gasteiger partial charge in [-0.1, -0.05) is 17.3 Å². The van der Waals surface area contributed by atoms with Crippen molar-refractivity contribution in [3.05, 3.63) is 41.5 Å². The number of aromatic nitrogens is 2. The summed E-state index contributed by atoms with van der Waals surface area (Å²) in [4.78, 5) is 10.8. The third kappa shape index (κ3) is 6.89. The summed E-state index contributed by atoms with van der Waals surface area (Å²) in [5.41, 5.74) is 1.18. The molecule has 0 fully saturated rings. The monoisotopic (exact) mass is 459 g/mol. The van der Waals surface area contributed by atoms with Crippen LogP contribution in [0.1, 0.15) is 31.1 Å². The van der Waals surface area contributed by atoms with Crippen molar-refractivity contribution in [3.63, 3.8) is 0 Å². The van der Waals surface area contributed by atoms with Gasteiger partial charge >= 0.3 is 0 Å². The van der Waals surface area contributed by atoms with Crippen molar-refractivity contribution in [2.24, 2.45) is 4.99 Å². The number of guanidine groups is 1. The molecule has 0 atom stereocenters. The zero-order valence-electron chi connectivity index (χ0n) is 15.2. The van der Waals surface area contributed by atoms with Crippen molar-refractivity contribution < 1.29 is 9.26 Å². The highest BCUT2D eigenvalue weighted by molar-refractivity contribution is 14.0. The first-order chi connectivity index (χ1) is 11.6. The predicted octanol–water partition coefficient (Wildman–Crippen LogP) is 2.99. The Kier molecular flexibility index (Phi) is 9.25.